The number of rotatable bonds is 7. The van der Waals surface area contributed by atoms with E-state index in [-0.39, 0.29) is 30.1 Å². The molecule has 0 spiro atoms. The predicted molar refractivity (Wildman–Crippen MR) is 140 cm³/mol. The summed E-state index contributed by atoms with van der Waals surface area (Å²) in [7, 11) is 0. The molecular weight excluding hydrogens is 501 g/mol. The Kier molecular flexibility index (Phi) is 10.4. The number of aliphatic imine (C=N–C) groups is 1. The molecule has 2 aromatic rings. The summed E-state index contributed by atoms with van der Waals surface area (Å²) in [5, 5.41) is 6.97. The van der Waals surface area contributed by atoms with E-state index >= 15 is 0 Å². The van der Waals surface area contributed by atoms with E-state index in [1.165, 1.54) is 5.56 Å². The van der Waals surface area contributed by atoms with Crippen LogP contribution in [0.5, 0.6) is 5.75 Å². The smallest absolute Gasteiger partial charge is 0.191 e. The molecule has 0 aliphatic carbocycles. The second-order valence-corrected chi connectivity index (χ2v) is 8.01. The van der Waals surface area contributed by atoms with Crippen LogP contribution in [-0.2, 0) is 0 Å². The van der Waals surface area contributed by atoms with Crippen molar-refractivity contribution in [3.05, 3.63) is 53.7 Å². The zero-order chi connectivity index (χ0) is 21.3. The van der Waals surface area contributed by atoms with Crippen molar-refractivity contribution in [2.24, 2.45) is 4.99 Å². The van der Waals surface area contributed by atoms with Gasteiger partial charge in [0.2, 0.25) is 0 Å². The van der Waals surface area contributed by atoms with Gasteiger partial charge in [0.15, 0.2) is 5.96 Å². The van der Waals surface area contributed by atoms with E-state index in [0.29, 0.717) is 12.6 Å². The molecule has 1 saturated heterocycles. The molecule has 0 saturated carbocycles. The molecule has 6 nitrogen and oxygen atoms in total. The number of halogens is 1. The van der Waals surface area contributed by atoms with E-state index in [0.717, 1.165) is 55.7 Å². The highest BCUT2D eigenvalue weighted by molar-refractivity contribution is 14.0. The number of guanidine groups is 1. The van der Waals surface area contributed by atoms with Gasteiger partial charge in [-0.05, 0) is 70.4 Å². The van der Waals surface area contributed by atoms with Gasteiger partial charge in [0.1, 0.15) is 17.7 Å². The molecule has 1 aromatic carbocycles. The van der Waals surface area contributed by atoms with Gasteiger partial charge in [-0.2, -0.15) is 0 Å². The molecule has 1 aromatic heterocycles. The van der Waals surface area contributed by atoms with Crippen LogP contribution >= 0.6 is 24.0 Å². The Labute approximate surface area is 203 Å². The van der Waals surface area contributed by atoms with Gasteiger partial charge < -0.3 is 20.3 Å². The zero-order valence-corrected chi connectivity index (χ0v) is 21.4. The van der Waals surface area contributed by atoms with Crippen LogP contribution in [0, 0.1) is 13.8 Å². The normalized spacial score (nSPS) is 15.7. The number of piperidine rings is 1. The van der Waals surface area contributed by atoms with E-state index in [9.17, 15) is 0 Å². The minimum absolute atomic E-state index is 0. The summed E-state index contributed by atoms with van der Waals surface area (Å²) in [6, 6.07) is 14.8. The lowest BCUT2D eigenvalue weighted by Gasteiger charge is -2.34. The van der Waals surface area contributed by atoms with Crippen molar-refractivity contribution in [1.29, 1.82) is 0 Å². The van der Waals surface area contributed by atoms with E-state index in [2.05, 4.69) is 65.6 Å². The van der Waals surface area contributed by atoms with Crippen molar-refractivity contribution >= 4 is 35.8 Å². The van der Waals surface area contributed by atoms with Gasteiger partial charge in [-0.15, -0.1) is 24.0 Å². The Balaban J connectivity index is 0.00000341. The summed E-state index contributed by atoms with van der Waals surface area (Å²) in [4.78, 5) is 11.8. The molecule has 170 valence electrons. The highest BCUT2D eigenvalue weighted by atomic mass is 127. The summed E-state index contributed by atoms with van der Waals surface area (Å²) < 4.78 is 6.01. The SMILES string of the molecule is CCNC(=NCC(C)Oc1cccc(C)c1)NC1CCN(c2cccc(C)n2)CC1.I. The fraction of sp³-hybridized carbons (Fsp3) is 0.500. The molecule has 2 heterocycles. The first-order chi connectivity index (χ1) is 14.5. The molecule has 7 heteroatoms. The lowest BCUT2D eigenvalue weighted by molar-refractivity contribution is 0.230. The van der Waals surface area contributed by atoms with Crippen molar-refractivity contribution in [2.75, 3.05) is 31.1 Å². The number of ether oxygens (including phenoxy) is 1. The molecular formula is C24H36IN5O. The molecule has 0 bridgehead atoms. The average Bonchev–Trinajstić information content (AvgIpc) is 2.73. The van der Waals surface area contributed by atoms with Crippen LogP contribution in [0.15, 0.2) is 47.5 Å². The molecule has 0 amide bonds. The third-order valence-corrected chi connectivity index (χ3v) is 5.21. The largest absolute Gasteiger partial charge is 0.489 e. The topological polar surface area (TPSA) is 61.8 Å². The zero-order valence-electron chi connectivity index (χ0n) is 19.1. The van der Waals surface area contributed by atoms with Gasteiger partial charge in [0.25, 0.3) is 0 Å². The second-order valence-electron chi connectivity index (χ2n) is 8.01. The van der Waals surface area contributed by atoms with E-state index in [1.807, 2.05) is 25.1 Å². The number of nitrogens with zero attached hydrogens (tertiary/aromatic N) is 3. The highest BCUT2D eigenvalue weighted by Gasteiger charge is 2.21. The average molecular weight is 537 g/mol. The molecule has 2 N–H and O–H groups in total. The van der Waals surface area contributed by atoms with Gasteiger partial charge in [-0.1, -0.05) is 18.2 Å². The van der Waals surface area contributed by atoms with Crippen molar-refractivity contribution in [2.45, 2.75) is 52.7 Å². The van der Waals surface area contributed by atoms with Crippen LogP contribution in [0.3, 0.4) is 0 Å². The fourth-order valence-corrected chi connectivity index (χ4v) is 3.65. The van der Waals surface area contributed by atoms with Gasteiger partial charge in [0.05, 0.1) is 6.54 Å². The van der Waals surface area contributed by atoms with Crippen molar-refractivity contribution in [3.8, 4) is 5.75 Å². The molecule has 1 fully saturated rings. The third-order valence-electron chi connectivity index (χ3n) is 5.21. The van der Waals surface area contributed by atoms with Crippen molar-refractivity contribution in [3.63, 3.8) is 0 Å². The molecule has 31 heavy (non-hydrogen) atoms. The highest BCUT2D eigenvalue weighted by Crippen LogP contribution is 2.18. The Bertz CT molecular complexity index is 836. The van der Waals surface area contributed by atoms with Gasteiger partial charge in [-0.25, -0.2) is 9.98 Å². The molecule has 0 radical (unpaired) electrons. The van der Waals surface area contributed by atoms with Gasteiger partial charge in [0, 0.05) is 31.4 Å². The number of anilines is 1. The van der Waals surface area contributed by atoms with E-state index in [4.69, 9.17) is 9.73 Å². The van der Waals surface area contributed by atoms with Crippen LogP contribution in [0.1, 0.15) is 37.9 Å². The third kappa shape index (κ3) is 8.20. The second kappa shape index (κ2) is 12.7. The summed E-state index contributed by atoms with van der Waals surface area (Å²) >= 11 is 0. The van der Waals surface area contributed by atoms with Crippen LogP contribution < -0.4 is 20.3 Å². The van der Waals surface area contributed by atoms with Gasteiger partial charge in [-0.3, -0.25) is 0 Å². The summed E-state index contributed by atoms with van der Waals surface area (Å²) in [5.41, 5.74) is 2.27. The number of aryl methyl sites for hydroxylation is 2. The first-order valence-electron chi connectivity index (χ1n) is 11.0. The summed E-state index contributed by atoms with van der Waals surface area (Å²) in [6.07, 6.45) is 2.14. The minimum atomic E-state index is 0. The summed E-state index contributed by atoms with van der Waals surface area (Å²) in [6.45, 7) is 11.7. The quantitative estimate of drug-likeness (QED) is 0.313. The first-order valence-corrected chi connectivity index (χ1v) is 11.0. The molecule has 1 aliphatic heterocycles. The number of nitrogens with one attached hydrogen (secondary N) is 2. The van der Waals surface area contributed by atoms with E-state index in [1.54, 1.807) is 0 Å². The van der Waals surface area contributed by atoms with Crippen molar-refractivity contribution in [1.82, 2.24) is 15.6 Å². The Morgan fingerprint density at radius 1 is 1.19 bits per heavy atom. The van der Waals surface area contributed by atoms with Gasteiger partial charge >= 0.3 is 0 Å². The number of hydrogen-bond donors (Lipinski definition) is 2. The first kappa shape index (κ1) is 25.2. The van der Waals surface area contributed by atoms with Crippen LogP contribution in [0.25, 0.3) is 0 Å². The maximum atomic E-state index is 6.01. The van der Waals surface area contributed by atoms with Crippen LogP contribution in [0.4, 0.5) is 5.82 Å². The fourth-order valence-electron chi connectivity index (χ4n) is 3.65. The Morgan fingerprint density at radius 2 is 1.94 bits per heavy atom. The molecule has 1 unspecified atom stereocenters. The lowest BCUT2D eigenvalue weighted by Crippen LogP contribution is -2.49. The summed E-state index contributed by atoms with van der Waals surface area (Å²) in [5.74, 6) is 2.84. The number of hydrogen-bond acceptors (Lipinski definition) is 4. The molecule has 1 aliphatic rings. The number of benzene rings is 1. The Morgan fingerprint density at radius 3 is 2.61 bits per heavy atom. The van der Waals surface area contributed by atoms with Crippen molar-refractivity contribution < 1.29 is 4.74 Å². The maximum Gasteiger partial charge on any atom is 0.191 e. The van der Waals surface area contributed by atoms with Crippen LogP contribution in [0.2, 0.25) is 0 Å². The van der Waals surface area contributed by atoms with E-state index < -0.39 is 0 Å². The monoisotopic (exact) mass is 537 g/mol. The predicted octanol–water partition coefficient (Wildman–Crippen LogP) is 4.31. The number of pyridine rings is 1. The maximum absolute atomic E-state index is 6.01. The lowest BCUT2D eigenvalue weighted by atomic mass is 10.1. The molecule has 3 rings (SSSR count). The minimum Gasteiger partial charge on any atom is -0.489 e. The molecule has 1 atom stereocenters. The standard InChI is InChI=1S/C24H35N5O.HI/c1-5-25-24(26-17-20(4)30-22-10-6-8-18(2)16-22)28-21-12-14-29(15-13-21)23-11-7-9-19(3)27-23;/h6-11,16,20-21H,5,12-15,17H2,1-4H3,(H2,25,26,28);1H. The van der Waals surface area contributed by atoms with Crippen LogP contribution in [-0.4, -0.2) is 49.3 Å². The Hall–Kier alpha value is -2.03. The number of aromatic nitrogens is 1.